The first-order valence-corrected chi connectivity index (χ1v) is 12.0. The van der Waals surface area contributed by atoms with Crippen molar-refractivity contribution in [3.05, 3.63) is 132 Å². The third-order valence-electron chi connectivity index (χ3n) is 6.33. The Hall–Kier alpha value is -4.70. The average Bonchev–Trinajstić information content (AvgIpc) is 3.38. The number of aryl methyl sites for hydroxylation is 1. The number of ether oxygens (including phenoxy) is 1. The van der Waals surface area contributed by atoms with Crippen molar-refractivity contribution in [1.29, 1.82) is 0 Å². The van der Waals surface area contributed by atoms with E-state index in [1.165, 1.54) is 16.3 Å². The summed E-state index contributed by atoms with van der Waals surface area (Å²) in [5.74, 6) is 2.30. The Morgan fingerprint density at radius 1 is 0.639 bits per heavy atom. The van der Waals surface area contributed by atoms with E-state index < -0.39 is 0 Å². The fourth-order valence-corrected chi connectivity index (χ4v) is 4.43. The summed E-state index contributed by atoms with van der Waals surface area (Å²) in [5, 5.41) is 11.7. The van der Waals surface area contributed by atoms with Gasteiger partial charge in [-0.3, -0.25) is 4.57 Å². The van der Waals surface area contributed by atoms with Crippen LogP contribution in [0.4, 0.5) is 0 Å². The first kappa shape index (κ1) is 21.8. The smallest absolute Gasteiger partial charge is 0.172 e. The number of fused-ring (bicyclic) bond motifs is 1. The maximum Gasteiger partial charge on any atom is 0.172 e. The lowest BCUT2D eigenvalue weighted by Crippen LogP contribution is -2.03. The van der Waals surface area contributed by atoms with Gasteiger partial charge in [-0.1, -0.05) is 96.6 Å². The first-order chi connectivity index (χ1) is 17.8. The highest BCUT2D eigenvalue weighted by atomic mass is 16.5. The maximum atomic E-state index is 6.28. The van der Waals surface area contributed by atoms with E-state index in [2.05, 4.69) is 95.5 Å². The van der Waals surface area contributed by atoms with Gasteiger partial charge in [-0.2, -0.15) is 0 Å². The lowest BCUT2D eigenvalue weighted by molar-refractivity contribution is 0.307. The van der Waals surface area contributed by atoms with Crippen LogP contribution in [0.5, 0.6) is 5.75 Å². The molecule has 5 aromatic carbocycles. The lowest BCUT2D eigenvalue weighted by Gasteiger charge is -2.15. The van der Waals surface area contributed by atoms with Crippen molar-refractivity contribution in [2.75, 3.05) is 0 Å². The highest BCUT2D eigenvalue weighted by molar-refractivity contribution is 5.87. The number of para-hydroxylation sites is 1. The molecule has 0 amide bonds. The zero-order valence-corrected chi connectivity index (χ0v) is 20.0. The van der Waals surface area contributed by atoms with Crippen molar-refractivity contribution < 1.29 is 4.74 Å². The van der Waals surface area contributed by atoms with Gasteiger partial charge in [0.05, 0.1) is 5.56 Å². The number of rotatable bonds is 6. The van der Waals surface area contributed by atoms with E-state index in [0.29, 0.717) is 6.61 Å². The Bertz CT molecular complexity index is 1640. The van der Waals surface area contributed by atoms with E-state index in [4.69, 9.17) is 9.84 Å². The molecule has 0 aliphatic heterocycles. The number of aromatic nitrogens is 3. The average molecular weight is 468 g/mol. The molecular weight excluding hydrogens is 442 g/mol. The molecule has 6 rings (SSSR count). The second-order valence-electron chi connectivity index (χ2n) is 8.85. The van der Waals surface area contributed by atoms with Gasteiger partial charge in [-0.15, -0.1) is 10.2 Å². The third kappa shape index (κ3) is 4.25. The van der Waals surface area contributed by atoms with Crippen LogP contribution in [0.3, 0.4) is 0 Å². The molecule has 1 heterocycles. The molecule has 0 saturated carbocycles. The van der Waals surface area contributed by atoms with Gasteiger partial charge in [-0.05, 0) is 53.6 Å². The Morgan fingerprint density at radius 3 is 2.17 bits per heavy atom. The van der Waals surface area contributed by atoms with E-state index in [0.717, 1.165) is 39.8 Å². The van der Waals surface area contributed by atoms with E-state index in [9.17, 15) is 0 Å². The fraction of sp³-hybridized carbons (Fsp3) is 0.0625. The molecule has 0 aliphatic rings. The monoisotopic (exact) mass is 467 g/mol. The van der Waals surface area contributed by atoms with Gasteiger partial charge >= 0.3 is 0 Å². The molecule has 0 radical (unpaired) electrons. The van der Waals surface area contributed by atoms with Crippen LogP contribution in [0.1, 0.15) is 11.1 Å². The number of benzene rings is 5. The summed E-state index contributed by atoms with van der Waals surface area (Å²) >= 11 is 0. The van der Waals surface area contributed by atoms with Crippen molar-refractivity contribution >= 4 is 10.8 Å². The fourth-order valence-electron chi connectivity index (χ4n) is 4.43. The summed E-state index contributed by atoms with van der Waals surface area (Å²) < 4.78 is 8.40. The summed E-state index contributed by atoms with van der Waals surface area (Å²) in [5.41, 5.74) is 5.22. The zero-order valence-electron chi connectivity index (χ0n) is 20.0. The van der Waals surface area contributed by atoms with E-state index in [-0.39, 0.29) is 0 Å². The summed E-state index contributed by atoms with van der Waals surface area (Å²) in [6.45, 7) is 2.57. The molecule has 174 valence electrons. The minimum Gasteiger partial charge on any atom is -0.488 e. The summed E-state index contributed by atoms with van der Waals surface area (Å²) in [7, 11) is 0. The molecule has 1 aromatic heterocycles. The molecule has 0 bridgehead atoms. The van der Waals surface area contributed by atoms with Crippen LogP contribution >= 0.6 is 0 Å². The maximum absolute atomic E-state index is 6.28. The SMILES string of the molecule is Cc1ccc(-n2c(-c3ccc4ccccc4c3)nnc2-c2ccccc2OCc2ccccc2)cc1. The number of hydrogen-bond donors (Lipinski definition) is 0. The normalized spacial score (nSPS) is 11.0. The quantitative estimate of drug-likeness (QED) is 0.253. The topological polar surface area (TPSA) is 39.9 Å². The highest BCUT2D eigenvalue weighted by Gasteiger charge is 2.20. The molecule has 0 aliphatic carbocycles. The van der Waals surface area contributed by atoms with Crippen molar-refractivity contribution in [3.8, 4) is 34.2 Å². The van der Waals surface area contributed by atoms with Crippen LogP contribution in [0, 0.1) is 6.92 Å². The molecule has 0 fully saturated rings. The van der Waals surface area contributed by atoms with Crippen LogP contribution in [0.2, 0.25) is 0 Å². The molecule has 36 heavy (non-hydrogen) atoms. The second-order valence-corrected chi connectivity index (χ2v) is 8.85. The standard InChI is InChI=1S/C32H25N3O/c1-23-15-19-28(20-16-23)35-31(27-18-17-25-11-5-6-12-26(25)21-27)33-34-32(35)29-13-7-8-14-30(29)36-22-24-9-3-2-4-10-24/h2-21H,22H2,1H3. The molecule has 4 nitrogen and oxygen atoms in total. The molecule has 6 aromatic rings. The van der Waals surface area contributed by atoms with E-state index in [1.54, 1.807) is 0 Å². The minimum absolute atomic E-state index is 0.480. The Balaban J connectivity index is 1.48. The Kier molecular flexibility index (Phi) is 5.76. The lowest BCUT2D eigenvalue weighted by atomic mass is 10.1. The molecule has 0 spiro atoms. The van der Waals surface area contributed by atoms with Gasteiger partial charge in [0.1, 0.15) is 12.4 Å². The van der Waals surface area contributed by atoms with Crippen molar-refractivity contribution in [1.82, 2.24) is 14.8 Å². The van der Waals surface area contributed by atoms with Crippen molar-refractivity contribution in [2.45, 2.75) is 13.5 Å². The predicted molar refractivity (Wildman–Crippen MR) is 145 cm³/mol. The van der Waals surface area contributed by atoms with Crippen LogP contribution < -0.4 is 4.74 Å². The van der Waals surface area contributed by atoms with Gasteiger partial charge in [-0.25, -0.2) is 0 Å². The molecule has 0 saturated heterocycles. The van der Waals surface area contributed by atoms with E-state index >= 15 is 0 Å². The number of nitrogens with zero attached hydrogens (tertiary/aromatic N) is 3. The molecular formula is C32H25N3O. The minimum atomic E-state index is 0.480. The Labute approximate surface area is 210 Å². The molecule has 4 heteroatoms. The first-order valence-electron chi connectivity index (χ1n) is 12.0. The summed E-state index contributed by atoms with van der Waals surface area (Å²) in [4.78, 5) is 0. The second kappa shape index (κ2) is 9.51. The van der Waals surface area contributed by atoms with Gasteiger partial charge < -0.3 is 4.74 Å². The molecule has 0 N–H and O–H groups in total. The summed E-state index contributed by atoms with van der Waals surface area (Å²) in [6, 6.07) is 41.4. The van der Waals surface area contributed by atoms with Crippen LogP contribution in [0.15, 0.2) is 121 Å². The zero-order chi connectivity index (χ0) is 24.3. The van der Waals surface area contributed by atoms with Crippen molar-refractivity contribution in [2.24, 2.45) is 0 Å². The largest absolute Gasteiger partial charge is 0.488 e. The summed E-state index contributed by atoms with van der Waals surface area (Å²) in [6.07, 6.45) is 0. The number of hydrogen-bond acceptors (Lipinski definition) is 3. The Morgan fingerprint density at radius 2 is 1.33 bits per heavy atom. The van der Waals surface area contributed by atoms with Crippen molar-refractivity contribution in [3.63, 3.8) is 0 Å². The predicted octanol–water partition coefficient (Wildman–Crippen LogP) is 7.64. The van der Waals surface area contributed by atoms with Crippen LogP contribution in [-0.4, -0.2) is 14.8 Å². The third-order valence-corrected chi connectivity index (χ3v) is 6.33. The van der Waals surface area contributed by atoms with Crippen LogP contribution in [-0.2, 0) is 6.61 Å². The van der Waals surface area contributed by atoms with Gasteiger partial charge in [0.15, 0.2) is 11.6 Å². The van der Waals surface area contributed by atoms with Crippen LogP contribution in [0.25, 0.3) is 39.2 Å². The van der Waals surface area contributed by atoms with Gasteiger partial charge in [0.25, 0.3) is 0 Å². The highest BCUT2D eigenvalue weighted by Crippen LogP contribution is 2.35. The van der Waals surface area contributed by atoms with Gasteiger partial charge in [0, 0.05) is 11.3 Å². The van der Waals surface area contributed by atoms with Gasteiger partial charge in [0.2, 0.25) is 0 Å². The van der Waals surface area contributed by atoms with E-state index in [1.807, 2.05) is 42.5 Å². The molecule has 0 unspecified atom stereocenters. The molecule has 0 atom stereocenters.